The summed E-state index contributed by atoms with van der Waals surface area (Å²) in [4.78, 5) is 37.6. The van der Waals surface area contributed by atoms with Crippen molar-refractivity contribution in [2.24, 2.45) is 0 Å². The molecular weight excluding hydrogens is 1220 g/mol. The molecule has 0 aliphatic heterocycles. The summed E-state index contributed by atoms with van der Waals surface area (Å²) in [6.07, 6.45) is 112. The highest BCUT2D eigenvalue weighted by Gasteiger charge is 2.22. The van der Waals surface area contributed by atoms with Crippen LogP contribution in [0.5, 0.6) is 0 Å². The van der Waals surface area contributed by atoms with Crippen LogP contribution in [0.1, 0.15) is 361 Å². The summed E-state index contributed by atoms with van der Waals surface area (Å²) < 4.78 is 22.9. The fourth-order valence-electron chi connectivity index (χ4n) is 11.6. The number of carbonyl (C=O) groups excluding carboxylic acids is 3. The lowest BCUT2D eigenvalue weighted by molar-refractivity contribution is -0.870. The number of hydrogen-bond donors (Lipinski definition) is 0. The largest absolute Gasteiger partial charge is 0.545 e. The highest BCUT2D eigenvalue weighted by molar-refractivity contribution is 5.70. The number of ether oxygens (including phenoxy) is 4. The maximum Gasteiger partial charge on any atom is 0.306 e. The van der Waals surface area contributed by atoms with Gasteiger partial charge in [0.05, 0.1) is 40.3 Å². The molecule has 9 heteroatoms. The van der Waals surface area contributed by atoms with Gasteiger partial charge in [-0.2, -0.15) is 0 Å². The predicted octanol–water partition coefficient (Wildman–Crippen LogP) is 25.5. The Bertz CT molecular complexity index is 2100. The summed E-state index contributed by atoms with van der Waals surface area (Å²) in [7, 11) is 5.93. The van der Waals surface area contributed by atoms with Crippen LogP contribution in [-0.2, 0) is 33.3 Å². The van der Waals surface area contributed by atoms with Crippen molar-refractivity contribution in [3.05, 3.63) is 134 Å². The summed E-state index contributed by atoms with van der Waals surface area (Å²) >= 11 is 0. The number of likely N-dealkylation sites (N-methyl/N-ethyl adjacent to an activating group) is 1. The Morgan fingerprint density at radius 1 is 0.313 bits per heavy atom. The van der Waals surface area contributed by atoms with E-state index in [1.165, 1.54) is 218 Å². The molecular formula is C90H155NO8. The first-order valence-corrected chi connectivity index (χ1v) is 41.3. The van der Waals surface area contributed by atoms with Crippen molar-refractivity contribution >= 4 is 17.9 Å². The van der Waals surface area contributed by atoms with E-state index in [1.807, 2.05) is 21.1 Å². The van der Waals surface area contributed by atoms with E-state index in [4.69, 9.17) is 18.9 Å². The number of carboxylic acids is 1. The molecule has 0 aromatic carbocycles. The van der Waals surface area contributed by atoms with Gasteiger partial charge in [0, 0.05) is 12.8 Å². The van der Waals surface area contributed by atoms with Gasteiger partial charge in [-0.05, 0) is 116 Å². The van der Waals surface area contributed by atoms with Gasteiger partial charge < -0.3 is 33.3 Å². The molecule has 9 nitrogen and oxygen atoms in total. The van der Waals surface area contributed by atoms with Gasteiger partial charge in [-0.25, -0.2) is 0 Å². The average molecular weight is 1380 g/mol. The third kappa shape index (κ3) is 80.6. The molecule has 0 bridgehead atoms. The van der Waals surface area contributed by atoms with Crippen molar-refractivity contribution in [1.82, 2.24) is 0 Å². The highest BCUT2D eigenvalue weighted by atomic mass is 16.7. The number of unbranched alkanes of at least 4 members (excludes halogenated alkanes) is 39. The molecule has 2 atom stereocenters. The van der Waals surface area contributed by atoms with Crippen molar-refractivity contribution < 1.29 is 42.9 Å². The summed E-state index contributed by atoms with van der Waals surface area (Å²) in [6, 6.07) is 0. The molecule has 568 valence electrons. The second kappa shape index (κ2) is 79.1. The molecule has 0 N–H and O–H groups in total. The quantitative estimate of drug-likeness (QED) is 0.0195. The second-order valence-corrected chi connectivity index (χ2v) is 28.7. The van der Waals surface area contributed by atoms with Crippen molar-refractivity contribution in [3.8, 4) is 0 Å². The molecule has 0 saturated heterocycles. The van der Waals surface area contributed by atoms with E-state index >= 15 is 0 Å². The minimum absolute atomic E-state index is 0.142. The number of allylic oxidation sites excluding steroid dienone is 22. The van der Waals surface area contributed by atoms with Crippen molar-refractivity contribution in [1.29, 1.82) is 0 Å². The lowest BCUT2D eigenvalue weighted by Gasteiger charge is -2.26. The lowest BCUT2D eigenvalue weighted by Crippen LogP contribution is -2.44. The summed E-state index contributed by atoms with van der Waals surface area (Å²) in [5.41, 5.74) is 0. The predicted molar refractivity (Wildman–Crippen MR) is 426 cm³/mol. The molecule has 0 amide bonds. The minimum atomic E-state index is -1.63. The molecule has 0 spiro atoms. The zero-order valence-electron chi connectivity index (χ0n) is 65.1. The van der Waals surface area contributed by atoms with Gasteiger partial charge in [0.15, 0.2) is 12.4 Å². The number of rotatable bonds is 76. The molecule has 2 unspecified atom stereocenters. The Morgan fingerprint density at radius 2 is 0.576 bits per heavy atom. The third-order valence-corrected chi connectivity index (χ3v) is 17.9. The van der Waals surface area contributed by atoms with Gasteiger partial charge in [-0.15, -0.1) is 0 Å². The van der Waals surface area contributed by atoms with Crippen LogP contribution in [-0.4, -0.2) is 82.3 Å². The monoisotopic (exact) mass is 1380 g/mol. The summed E-state index contributed by atoms with van der Waals surface area (Å²) in [6.45, 7) is 4.66. The summed E-state index contributed by atoms with van der Waals surface area (Å²) in [5.74, 6) is -2.29. The number of quaternary nitrogens is 1. The molecule has 0 radical (unpaired) electrons. The van der Waals surface area contributed by atoms with Crippen LogP contribution >= 0.6 is 0 Å². The third-order valence-electron chi connectivity index (χ3n) is 17.9. The van der Waals surface area contributed by atoms with Gasteiger partial charge in [0.2, 0.25) is 0 Å². The van der Waals surface area contributed by atoms with Gasteiger partial charge in [0.25, 0.3) is 0 Å². The van der Waals surface area contributed by atoms with Crippen LogP contribution in [0, 0.1) is 0 Å². The van der Waals surface area contributed by atoms with Crippen LogP contribution in [0.25, 0.3) is 0 Å². The van der Waals surface area contributed by atoms with Crippen molar-refractivity contribution in [2.75, 3.05) is 47.5 Å². The van der Waals surface area contributed by atoms with Crippen LogP contribution in [0.2, 0.25) is 0 Å². The Hall–Kier alpha value is -4.57. The van der Waals surface area contributed by atoms with Crippen LogP contribution in [0.15, 0.2) is 134 Å². The first-order chi connectivity index (χ1) is 48.6. The average Bonchev–Trinajstić information content (AvgIpc) is 1.14. The first-order valence-electron chi connectivity index (χ1n) is 41.3. The SMILES string of the molecule is CC/C=C\C/C=C\C/C=C\C/C=C\C/C=C\C/C=C\C/C=C\C/C=C\C/C=C\C/C=C\CCCCCCCCCCC(=O)OC(COC(=O)CCCCCCCCCCCCCCCCCCCCCCCCC/C=C\CCCCCCCCCC)COC(OCC[N+](C)(C)C)C(=O)[O-]. The fraction of sp³-hybridized carbons (Fsp3) is 0.722. The van der Waals surface area contributed by atoms with E-state index in [9.17, 15) is 19.5 Å². The molecule has 0 rings (SSSR count). The zero-order chi connectivity index (χ0) is 71.8. The summed E-state index contributed by atoms with van der Waals surface area (Å²) in [5, 5.41) is 11.9. The normalized spacial score (nSPS) is 13.3. The number of carbonyl (C=O) groups is 3. The molecule has 0 aliphatic carbocycles. The van der Waals surface area contributed by atoms with Gasteiger partial charge >= 0.3 is 11.9 Å². The van der Waals surface area contributed by atoms with E-state index in [0.29, 0.717) is 17.4 Å². The standard InChI is InChI=1S/C90H155NO8/c1-6-8-10-12-14-16-18-20-22-24-26-28-30-32-34-36-38-40-42-43-44-45-47-49-51-53-55-57-59-61-63-65-67-69-71-73-75-77-79-81-88(93)99-86(85-98-90(89(94)95)96-83-82-91(3,4)5)84-97-87(92)80-78-76-74-72-70-68-66-64-62-60-58-56-54-52-50-48-46-41-39-37-35-33-31-29-27-25-23-21-19-17-15-13-11-9-7-2/h8,10,14,16,20,22,25-28,32,34,38,40,43-44,47,49,53,55,59,61,86,90H,6-7,9,11-13,15,17-19,21,23-24,29-31,33,35-37,39,41-42,45-46,48,50-52,54,56-58,60,62-85H2,1-5H3/b10-8-,16-14-,22-20-,27-25-,28-26-,34-32-,40-38-,44-43-,49-47-,55-53-,61-59-. The number of hydrogen-bond acceptors (Lipinski definition) is 8. The molecule has 0 fully saturated rings. The van der Waals surface area contributed by atoms with E-state index in [1.54, 1.807) is 0 Å². The van der Waals surface area contributed by atoms with Crippen LogP contribution in [0.3, 0.4) is 0 Å². The molecule has 0 aromatic heterocycles. The fourth-order valence-corrected chi connectivity index (χ4v) is 11.6. The number of carboxylic acid groups (broad SMARTS) is 1. The minimum Gasteiger partial charge on any atom is -0.545 e. The molecule has 0 saturated carbocycles. The lowest BCUT2D eigenvalue weighted by atomic mass is 10.0. The number of nitrogens with zero attached hydrogens (tertiary/aromatic N) is 1. The second-order valence-electron chi connectivity index (χ2n) is 28.7. The Morgan fingerprint density at radius 3 is 0.869 bits per heavy atom. The number of aliphatic carboxylic acids is 1. The first kappa shape index (κ1) is 94.4. The van der Waals surface area contributed by atoms with Crippen molar-refractivity contribution in [3.63, 3.8) is 0 Å². The molecule has 0 aliphatic rings. The zero-order valence-corrected chi connectivity index (χ0v) is 65.1. The Kier molecular flexibility index (Phi) is 75.5. The van der Waals surface area contributed by atoms with Gasteiger partial charge in [-0.3, -0.25) is 9.59 Å². The van der Waals surface area contributed by atoms with Gasteiger partial charge in [0.1, 0.15) is 13.2 Å². The topological polar surface area (TPSA) is 111 Å². The van der Waals surface area contributed by atoms with E-state index in [0.717, 1.165) is 109 Å². The van der Waals surface area contributed by atoms with Gasteiger partial charge in [-0.1, -0.05) is 366 Å². The van der Waals surface area contributed by atoms with Crippen LogP contribution < -0.4 is 5.11 Å². The van der Waals surface area contributed by atoms with E-state index in [2.05, 4.69) is 148 Å². The van der Waals surface area contributed by atoms with E-state index < -0.39 is 24.3 Å². The maximum atomic E-state index is 13.0. The molecule has 99 heavy (non-hydrogen) atoms. The number of esters is 2. The Labute approximate surface area is 611 Å². The maximum absolute atomic E-state index is 13.0. The van der Waals surface area contributed by atoms with E-state index in [-0.39, 0.29) is 38.6 Å². The molecule has 0 heterocycles. The molecule has 0 aromatic rings. The Balaban J connectivity index is 4.07. The van der Waals surface area contributed by atoms with Crippen molar-refractivity contribution in [2.45, 2.75) is 373 Å². The smallest absolute Gasteiger partial charge is 0.306 e. The highest BCUT2D eigenvalue weighted by Crippen LogP contribution is 2.19. The van der Waals surface area contributed by atoms with Crippen LogP contribution in [0.4, 0.5) is 0 Å².